The first-order valence-electron chi connectivity index (χ1n) is 6.96. The average molecular weight is 296 g/mol. The van der Waals surface area contributed by atoms with Crippen molar-refractivity contribution in [2.75, 3.05) is 0 Å². The number of carboxylic acid groups (broad SMARTS) is 1. The molecule has 20 heavy (non-hydrogen) atoms. The standard InChI is InChI=1S/C14H20N2O3S/c1-8(2)13-15-7-11(20-13)12(17)16-10-5-3-9(4-6-10)14(18)19/h7-10H,3-6H2,1-2H3,(H,16,17)(H,18,19). The van der Waals surface area contributed by atoms with E-state index in [0.717, 1.165) is 17.8 Å². The van der Waals surface area contributed by atoms with Crippen molar-refractivity contribution in [3.05, 3.63) is 16.1 Å². The molecule has 1 heterocycles. The van der Waals surface area contributed by atoms with Crippen LogP contribution >= 0.6 is 11.3 Å². The van der Waals surface area contributed by atoms with Gasteiger partial charge in [0.15, 0.2) is 0 Å². The van der Waals surface area contributed by atoms with Gasteiger partial charge in [-0.05, 0) is 25.7 Å². The van der Waals surface area contributed by atoms with Crippen LogP contribution in [-0.2, 0) is 4.79 Å². The van der Waals surface area contributed by atoms with Gasteiger partial charge in [-0.3, -0.25) is 9.59 Å². The second kappa shape index (κ2) is 6.35. The molecule has 5 nitrogen and oxygen atoms in total. The fraction of sp³-hybridized carbons (Fsp3) is 0.643. The van der Waals surface area contributed by atoms with E-state index in [1.165, 1.54) is 11.3 Å². The Balaban J connectivity index is 1.87. The van der Waals surface area contributed by atoms with E-state index in [-0.39, 0.29) is 17.9 Å². The van der Waals surface area contributed by atoms with Crippen LogP contribution in [0.3, 0.4) is 0 Å². The second-order valence-electron chi connectivity index (χ2n) is 5.58. The van der Waals surface area contributed by atoms with Crippen LogP contribution in [0.1, 0.15) is 60.1 Å². The Bertz CT molecular complexity index is 490. The van der Waals surface area contributed by atoms with Gasteiger partial charge in [0.2, 0.25) is 0 Å². The fourth-order valence-corrected chi connectivity index (χ4v) is 3.22. The largest absolute Gasteiger partial charge is 0.481 e. The molecule has 1 aromatic heterocycles. The lowest BCUT2D eigenvalue weighted by molar-refractivity contribution is -0.142. The molecule has 0 aromatic carbocycles. The molecule has 0 bridgehead atoms. The molecule has 110 valence electrons. The molecule has 0 unspecified atom stereocenters. The maximum absolute atomic E-state index is 12.1. The number of thiazole rings is 1. The molecule has 0 spiro atoms. The number of carbonyl (C=O) groups is 2. The highest BCUT2D eigenvalue weighted by molar-refractivity contribution is 7.13. The summed E-state index contributed by atoms with van der Waals surface area (Å²) in [6.07, 6.45) is 4.37. The molecule has 0 aliphatic heterocycles. The topological polar surface area (TPSA) is 79.3 Å². The maximum Gasteiger partial charge on any atom is 0.306 e. The number of amides is 1. The van der Waals surface area contributed by atoms with E-state index in [4.69, 9.17) is 5.11 Å². The lowest BCUT2D eigenvalue weighted by Crippen LogP contribution is -2.38. The van der Waals surface area contributed by atoms with Crippen molar-refractivity contribution in [1.29, 1.82) is 0 Å². The first-order valence-corrected chi connectivity index (χ1v) is 7.78. The number of rotatable bonds is 4. The molecule has 0 saturated heterocycles. The van der Waals surface area contributed by atoms with Crippen molar-refractivity contribution in [3.63, 3.8) is 0 Å². The third-order valence-electron chi connectivity index (χ3n) is 3.65. The highest BCUT2D eigenvalue weighted by atomic mass is 32.1. The quantitative estimate of drug-likeness (QED) is 0.895. The fourth-order valence-electron chi connectivity index (χ4n) is 2.40. The maximum atomic E-state index is 12.1. The third kappa shape index (κ3) is 3.56. The molecule has 1 aliphatic carbocycles. The minimum Gasteiger partial charge on any atom is -0.481 e. The number of carboxylic acids is 1. The van der Waals surface area contributed by atoms with Gasteiger partial charge < -0.3 is 10.4 Å². The summed E-state index contributed by atoms with van der Waals surface area (Å²) in [6, 6.07) is 0.0858. The number of aromatic nitrogens is 1. The molecule has 0 atom stereocenters. The van der Waals surface area contributed by atoms with Gasteiger partial charge in [0, 0.05) is 12.0 Å². The van der Waals surface area contributed by atoms with E-state index < -0.39 is 5.97 Å². The van der Waals surface area contributed by atoms with Gasteiger partial charge in [0.25, 0.3) is 5.91 Å². The molecule has 1 fully saturated rings. The smallest absolute Gasteiger partial charge is 0.306 e. The number of aliphatic carboxylic acids is 1. The number of hydrogen-bond acceptors (Lipinski definition) is 4. The Morgan fingerprint density at radius 3 is 2.50 bits per heavy atom. The SMILES string of the molecule is CC(C)c1ncc(C(=O)NC2CCC(C(=O)O)CC2)s1. The molecule has 1 amide bonds. The molecule has 1 aromatic rings. The molecule has 1 saturated carbocycles. The summed E-state index contributed by atoms with van der Waals surface area (Å²) in [5, 5.41) is 12.9. The van der Waals surface area contributed by atoms with Crippen molar-refractivity contribution >= 4 is 23.2 Å². The number of nitrogens with zero attached hydrogens (tertiary/aromatic N) is 1. The molecule has 6 heteroatoms. The van der Waals surface area contributed by atoms with E-state index in [1.807, 2.05) is 13.8 Å². The lowest BCUT2D eigenvalue weighted by atomic mass is 9.86. The van der Waals surface area contributed by atoms with E-state index in [1.54, 1.807) is 6.20 Å². The molecular weight excluding hydrogens is 276 g/mol. The molecule has 2 N–H and O–H groups in total. The van der Waals surface area contributed by atoms with Gasteiger partial charge in [-0.15, -0.1) is 11.3 Å². The lowest BCUT2D eigenvalue weighted by Gasteiger charge is -2.26. The highest BCUT2D eigenvalue weighted by Crippen LogP contribution is 2.25. The van der Waals surface area contributed by atoms with Crippen LogP contribution in [0, 0.1) is 5.92 Å². The zero-order chi connectivity index (χ0) is 14.7. The summed E-state index contributed by atoms with van der Waals surface area (Å²) in [7, 11) is 0. The number of hydrogen-bond donors (Lipinski definition) is 2. The van der Waals surface area contributed by atoms with Crippen LogP contribution in [0.25, 0.3) is 0 Å². The Hall–Kier alpha value is -1.43. The predicted molar refractivity (Wildman–Crippen MR) is 77.1 cm³/mol. The second-order valence-corrected chi connectivity index (χ2v) is 6.64. The minimum absolute atomic E-state index is 0.0858. The van der Waals surface area contributed by atoms with Crippen molar-refractivity contribution < 1.29 is 14.7 Å². The van der Waals surface area contributed by atoms with Crippen LogP contribution in [0.2, 0.25) is 0 Å². The zero-order valence-corrected chi connectivity index (χ0v) is 12.6. The van der Waals surface area contributed by atoms with Crippen molar-refractivity contribution in [2.45, 2.75) is 51.5 Å². The Morgan fingerprint density at radius 2 is 2.00 bits per heavy atom. The van der Waals surface area contributed by atoms with Crippen LogP contribution in [-0.4, -0.2) is 28.0 Å². The molecular formula is C14H20N2O3S. The first kappa shape index (κ1) is 15.0. The van der Waals surface area contributed by atoms with Gasteiger partial charge in [0.1, 0.15) is 4.88 Å². The number of carbonyl (C=O) groups excluding carboxylic acids is 1. The summed E-state index contributed by atoms with van der Waals surface area (Å²) in [4.78, 5) is 27.9. The monoisotopic (exact) mass is 296 g/mol. The summed E-state index contributed by atoms with van der Waals surface area (Å²) < 4.78 is 0. The van der Waals surface area contributed by atoms with Gasteiger partial charge in [-0.2, -0.15) is 0 Å². The van der Waals surface area contributed by atoms with Crippen molar-refractivity contribution in [1.82, 2.24) is 10.3 Å². The van der Waals surface area contributed by atoms with Crippen LogP contribution in [0.4, 0.5) is 0 Å². The average Bonchev–Trinajstić information content (AvgIpc) is 2.89. The first-order chi connectivity index (χ1) is 9.47. The zero-order valence-electron chi connectivity index (χ0n) is 11.8. The van der Waals surface area contributed by atoms with Crippen LogP contribution in [0.5, 0.6) is 0 Å². The Labute approximate surface area is 122 Å². The third-order valence-corrected chi connectivity index (χ3v) is 4.95. The number of nitrogens with one attached hydrogen (secondary N) is 1. The predicted octanol–water partition coefficient (Wildman–Crippen LogP) is 2.64. The van der Waals surface area contributed by atoms with Gasteiger partial charge in [-0.25, -0.2) is 4.98 Å². The van der Waals surface area contributed by atoms with Gasteiger partial charge in [-0.1, -0.05) is 13.8 Å². The Morgan fingerprint density at radius 1 is 1.35 bits per heavy atom. The van der Waals surface area contributed by atoms with E-state index in [2.05, 4.69) is 10.3 Å². The highest BCUT2D eigenvalue weighted by Gasteiger charge is 2.27. The molecule has 1 aliphatic rings. The summed E-state index contributed by atoms with van der Waals surface area (Å²) in [5.74, 6) is -0.737. The van der Waals surface area contributed by atoms with E-state index >= 15 is 0 Å². The van der Waals surface area contributed by atoms with E-state index in [9.17, 15) is 9.59 Å². The van der Waals surface area contributed by atoms with Crippen molar-refractivity contribution in [2.24, 2.45) is 5.92 Å². The summed E-state index contributed by atoms with van der Waals surface area (Å²) in [6.45, 7) is 4.10. The van der Waals surface area contributed by atoms with E-state index in [0.29, 0.717) is 23.6 Å². The normalized spacial score (nSPS) is 22.8. The van der Waals surface area contributed by atoms with Gasteiger partial charge in [0.05, 0.1) is 17.1 Å². The van der Waals surface area contributed by atoms with Crippen LogP contribution < -0.4 is 5.32 Å². The summed E-state index contributed by atoms with van der Waals surface area (Å²) in [5.41, 5.74) is 0. The molecule has 2 rings (SSSR count). The van der Waals surface area contributed by atoms with Crippen LogP contribution in [0.15, 0.2) is 6.20 Å². The van der Waals surface area contributed by atoms with Gasteiger partial charge >= 0.3 is 5.97 Å². The van der Waals surface area contributed by atoms with Crippen molar-refractivity contribution in [3.8, 4) is 0 Å². The molecule has 0 radical (unpaired) electrons. The summed E-state index contributed by atoms with van der Waals surface area (Å²) >= 11 is 1.43. The Kier molecular flexibility index (Phi) is 4.75. The minimum atomic E-state index is -0.723.